The summed E-state index contributed by atoms with van der Waals surface area (Å²) in [5.74, 6) is -0.466. The van der Waals surface area contributed by atoms with E-state index in [9.17, 15) is 18.4 Å². The molecule has 0 spiro atoms. The Hall–Kier alpha value is -3.38. The van der Waals surface area contributed by atoms with Crippen LogP contribution in [0, 0.1) is 11.3 Å². The first-order chi connectivity index (χ1) is 13.9. The summed E-state index contributed by atoms with van der Waals surface area (Å²) < 4.78 is 43.4. The van der Waals surface area contributed by atoms with Crippen LogP contribution in [0.1, 0.15) is 17.0 Å². The highest BCUT2D eigenvalue weighted by molar-refractivity contribution is 8.00. The van der Waals surface area contributed by atoms with Gasteiger partial charge in [0, 0.05) is 4.90 Å². The number of nitrogens with two attached hydrogens (primary N) is 1. The fourth-order valence-electron chi connectivity index (χ4n) is 3.27. The number of fused-ring (bicyclic) bond motifs is 1. The summed E-state index contributed by atoms with van der Waals surface area (Å²) in [6.45, 7) is 0. The second-order valence-corrected chi connectivity index (χ2v) is 7.36. The minimum Gasteiger partial charge on any atom is -0.420 e. The molecule has 0 aliphatic carbocycles. The number of alkyl halides is 3. The second kappa shape index (κ2) is 7.22. The Balaban J connectivity index is 1.82. The number of thioether (sulfide) groups is 1. The van der Waals surface area contributed by atoms with Crippen molar-refractivity contribution < 1.29 is 17.9 Å². The van der Waals surface area contributed by atoms with Gasteiger partial charge in [0.05, 0.1) is 17.2 Å². The zero-order valence-corrected chi connectivity index (χ0v) is 15.5. The molecule has 3 N–H and O–H groups in total. The third-order valence-electron chi connectivity index (χ3n) is 4.45. The average molecular weight is 414 g/mol. The molecule has 3 aromatic rings. The summed E-state index contributed by atoms with van der Waals surface area (Å²) in [5, 5.41) is 16.8. The van der Waals surface area contributed by atoms with E-state index in [-0.39, 0.29) is 34.0 Å². The normalized spacial score (nSPS) is 16.1. The summed E-state index contributed by atoms with van der Waals surface area (Å²) in [6, 6.07) is 17.3. The molecule has 1 aromatic heterocycles. The van der Waals surface area contributed by atoms with Crippen LogP contribution >= 0.6 is 11.8 Å². The topological polar surface area (TPSA) is 87.7 Å². The predicted molar refractivity (Wildman–Crippen MR) is 102 cm³/mol. The van der Waals surface area contributed by atoms with Crippen molar-refractivity contribution in [2.75, 3.05) is 0 Å². The number of aromatic nitrogens is 2. The third kappa shape index (κ3) is 3.67. The lowest BCUT2D eigenvalue weighted by Crippen LogP contribution is -2.21. The van der Waals surface area contributed by atoms with Crippen molar-refractivity contribution >= 4 is 11.8 Å². The molecule has 146 valence electrons. The number of nitrogens with one attached hydrogen (secondary N) is 1. The van der Waals surface area contributed by atoms with Crippen LogP contribution in [0.5, 0.6) is 5.88 Å². The lowest BCUT2D eigenvalue weighted by molar-refractivity contribution is -0.0328. The predicted octanol–water partition coefficient (Wildman–Crippen LogP) is 4.91. The molecular weight excluding hydrogens is 401 g/mol. The van der Waals surface area contributed by atoms with E-state index in [0.29, 0.717) is 16.8 Å². The molecular formula is C20H13F3N4OS. The highest BCUT2D eigenvalue weighted by atomic mass is 32.2. The first-order valence-corrected chi connectivity index (χ1v) is 9.26. The Morgan fingerprint density at radius 3 is 2.41 bits per heavy atom. The van der Waals surface area contributed by atoms with Crippen LogP contribution in [-0.4, -0.2) is 15.7 Å². The second-order valence-electron chi connectivity index (χ2n) is 6.23. The van der Waals surface area contributed by atoms with Gasteiger partial charge in [-0.2, -0.15) is 18.4 Å². The van der Waals surface area contributed by atoms with Crippen molar-refractivity contribution in [2.45, 2.75) is 16.3 Å². The van der Waals surface area contributed by atoms with Crippen molar-refractivity contribution in [3.8, 4) is 23.2 Å². The van der Waals surface area contributed by atoms with Crippen molar-refractivity contribution in [3.05, 3.63) is 77.2 Å². The first-order valence-electron chi connectivity index (χ1n) is 8.44. The summed E-state index contributed by atoms with van der Waals surface area (Å²) in [7, 11) is 0. The zero-order chi connectivity index (χ0) is 20.6. The summed E-state index contributed by atoms with van der Waals surface area (Å²) >= 11 is -0.194. The number of benzene rings is 2. The quantitative estimate of drug-likeness (QED) is 0.595. The van der Waals surface area contributed by atoms with Gasteiger partial charge in [-0.25, -0.2) is 0 Å². The van der Waals surface area contributed by atoms with Crippen LogP contribution in [0.3, 0.4) is 0 Å². The molecule has 0 fully saturated rings. The maximum atomic E-state index is 12.6. The molecule has 5 nitrogen and oxygen atoms in total. The van der Waals surface area contributed by atoms with Crippen LogP contribution in [0.4, 0.5) is 13.2 Å². The standard InChI is InChI=1S/C20H13F3N4OS/c21-20(22,23)29-13-8-6-11(7-9-13)15-14(10-24)18(25)28-19-16(15)17(26-27-19)12-4-2-1-3-5-12/h1-9,15H,25H2,(H,26,27)/t15-/m0/s1. The molecule has 4 rings (SSSR count). The molecule has 0 bridgehead atoms. The highest BCUT2D eigenvalue weighted by Crippen LogP contribution is 2.46. The Kier molecular flexibility index (Phi) is 4.72. The van der Waals surface area contributed by atoms with E-state index < -0.39 is 11.4 Å². The molecule has 0 saturated carbocycles. The molecule has 2 heterocycles. The number of H-pyrrole nitrogens is 1. The van der Waals surface area contributed by atoms with E-state index in [4.69, 9.17) is 10.5 Å². The van der Waals surface area contributed by atoms with E-state index in [1.165, 1.54) is 12.1 Å². The van der Waals surface area contributed by atoms with Gasteiger partial charge in [0.15, 0.2) is 0 Å². The van der Waals surface area contributed by atoms with Crippen LogP contribution in [-0.2, 0) is 0 Å². The lowest BCUT2D eigenvalue weighted by Gasteiger charge is -2.24. The smallest absolute Gasteiger partial charge is 0.420 e. The maximum absolute atomic E-state index is 12.6. The Labute approximate surface area is 168 Å². The van der Waals surface area contributed by atoms with Crippen LogP contribution in [0.15, 0.2) is 70.9 Å². The molecule has 1 aliphatic heterocycles. The Bertz CT molecular complexity index is 1120. The molecule has 1 atom stereocenters. The third-order valence-corrected chi connectivity index (χ3v) is 5.19. The number of ether oxygens (including phenoxy) is 1. The van der Waals surface area contributed by atoms with E-state index >= 15 is 0 Å². The monoisotopic (exact) mass is 414 g/mol. The van der Waals surface area contributed by atoms with Gasteiger partial charge in [0.25, 0.3) is 0 Å². The summed E-state index contributed by atoms with van der Waals surface area (Å²) in [4.78, 5) is 0.0551. The fourth-order valence-corrected chi connectivity index (χ4v) is 3.80. The van der Waals surface area contributed by atoms with Gasteiger partial charge in [-0.15, -0.1) is 5.10 Å². The van der Waals surface area contributed by atoms with Gasteiger partial charge in [0.1, 0.15) is 11.6 Å². The summed E-state index contributed by atoms with van der Waals surface area (Å²) in [6.07, 6.45) is 0. The number of rotatable bonds is 3. The highest BCUT2D eigenvalue weighted by Gasteiger charge is 2.36. The lowest BCUT2D eigenvalue weighted by atomic mass is 9.83. The van der Waals surface area contributed by atoms with E-state index in [1.54, 1.807) is 12.1 Å². The molecule has 0 unspecified atom stereocenters. The van der Waals surface area contributed by atoms with Crippen molar-refractivity contribution in [1.29, 1.82) is 5.26 Å². The molecule has 9 heteroatoms. The zero-order valence-electron chi connectivity index (χ0n) is 14.7. The van der Waals surface area contributed by atoms with Gasteiger partial charge in [-0.3, -0.25) is 5.10 Å². The number of nitriles is 1. The van der Waals surface area contributed by atoms with Crippen LogP contribution < -0.4 is 10.5 Å². The molecule has 0 saturated heterocycles. The van der Waals surface area contributed by atoms with Gasteiger partial charge in [-0.1, -0.05) is 42.5 Å². The minimum absolute atomic E-state index is 0.0551. The van der Waals surface area contributed by atoms with E-state index in [0.717, 1.165) is 5.56 Å². The van der Waals surface area contributed by atoms with E-state index in [1.807, 2.05) is 30.3 Å². The Morgan fingerprint density at radius 2 is 1.79 bits per heavy atom. The van der Waals surface area contributed by atoms with Crippen molar-refractivity contribution in [3.63, 3.8) is 0 Å². The summed E-state index contributed by atoms with van der Waals surface area (Å²) in [5.41, 5.74) is 4.42. The van der Waals surface area contributed by atoms with Crippen LogP contribution in [0.2, 0.25) is 0 Å². The molecule has 29 heavy (non-hydrogen) atoms. The average Bonchev–Trinajstić information content (AvgIpc) is 3.10. The SMILES string of the molecule is N#CC1=C(N)Oc2n[nH]c(-c3ccccc3)c2[C@H]1c1ccc(SC(F)(F)F)cc1. The maximum Gasteiger partial charge on any atom is 0.446 e. The van der Waals surface area contributed by atoms with Crippen LogP contribution in [0.25, 0.3) is 11.3 Å². The number of aromatic amines is 1. The number of nitrogens with zero attached hydrogens (tertiary/aromatic N) is 2. The number of allylic oxidation sites excluding steroid dienone is 1. The fraction of sp³-hybridized carbons (Fsp3) is 0.100. The first kappa shape index (κ1) is 19.0. The van der Waals surface area contributed by atoms with Crippen molar-refractivity contribution in [2.24, 2.45) is 5.73 Å². The molecule has 2 aromatic carbocycles. The number of hydrogen-bond donors (Lipinski definition) is 2. The molecule has 0 radical (unpaired) electrons. The minimum atomic E-state index is -4.37. The molecule has 1 aliphatic rings. The molecule has 0 amide bonds. The Morgan fingerprint density at radius 1 is 1.10 bits per heavy atom. The van der Waals surface area contributed by atoms with Crippen molar-refractivity contribution in [1.82, 2.24) is 10.2 Å². The van der Waals surface area contributed by atoms with Gasteiger partial charge in [0.2, 0.25) is 11.8 Å². The van der Waals surface area contributed by atoms with Gasteiger partial charge in [-0.05, 0) is 35.0 Å². The van der Waals surface area contributed by atoms with E-state index in [2.05, 4.69) is 16.3 Å². The number of hydrogen-bond acceptors (Lipinski definition) is 5. The van der Waals surface area contributed by atoms with Gasteiger partial charge >= 0.3 is 5.51 Å². The van der Waals surface area contributed by atoms with Gasteiger partial charge < -0.3 is 10.5 Å². The number of halogens is 3. The largest absolute Gasteiger partial charge is 0.446 e.